The lowest BCUT2D eigenvalue weighted by Crippen LogP contribution is -2.33. The molecule has 3 aromatic rings. The molecule has 0 N–H and O–H groups in total. The van der Waals surface area contributed by atoms with E-state index in [1.54, 1.807) is 6.20 Å². The third kappa shape index (κ3) is 3.55. The van der Waals surface area contributed by atoms with Gasteiger partial charge in [-0.05, 0) is 37.1 Å². The van der Waals surface area contributed by atoms with Crippen LogP contribution in [0.3, 0.4) is 0 Å². The topological polar surface area (TPSA) is 60.0 Å². The summed E-state index contributed by atoms with van der Waals surface area (Å²) in [6.45, 7) is 6.14. The van der Waals surface area contributed by atoms with Gasteiger partial charge in [0.15, 0.2) is 5.82 Å². The van der Waals surface area contributed by atoms with E-state index >= 15 is 0 Å². The fraction of sp³-hybridized carbons (Fsp3) is 0.450. The molecule has 2 aromatic heterocycles. The maximum absolute atomic E-state index is 5.59. The molecule has 1 aliphatic rings. The van der Waals surface area contributed by atoms with E-state index in [-0.39, 0.29) is 6.04 Å². The first kappa shape index (κ1) is 17.0. The summed E-state index contributed by atoms with van der Waals surface area (Å²) >= 11 is 0. The monoisotopic (exact) mass is 351 g/mol. The van der Waals surface area contributed by atoms with Crippen molar-refractivity contribution in [3.8, 4) is 5.69 Å². The van der Waals surface area contributed by atoms with Crippen LogP contribution in [0.25, 0.3) is 5.69 Å². The number of hydrogen-bond donors (Lipinski definition) is 0. The second kappa shape index (κ2) is 7.41. The Morgan fingerprint density at radius 2 is 2.04 bits per heavy atom. The van der Waals surface area contributed by atoms with Crippen LogP contribution < -0.4 is 0 Å². The van der Waals surface area contributed by atoms with Crippen LogP contribution in [-0.2, 0) is 6.54 Å². The molecule has 0 saturated carbocycles. The number of rotatable bonds is 5. The molecule has 136 valence electrons. The number of imidazole rings is 1. The standard InChI is InChI=1S/C20H25N5O/c1-15(2)19-22-20(26-23-19)18-5-3-4-11-24(18)13-16-6-8-17(9-7-16)25-12-10-21-14-25/h6-10,12,14-15,18H,3-5,11,13H2,1-2H3/t18-/m0/s1. The highest BCUT2D eigenvalue weighted by molar-refractivity contribution is 5.34. The number of nitrogens with zero attached hydrogens (tertiary/aromatic N) is 5. The van der Waals surface area contributed by atoms with E-state index in [1.807, 2.05) is 17.1 Å². The molecule has 0 unspecified atom stereocenters. The van der Waals surface area contributed by atoms with Crippen molar-refractivity contribution in [2.45, 2.75) is 51.6 Å². The summed E-state index contributed by atoms with van der Waals surface area (Å²) in [5, 5.41) is 4.15. The van der Waals surface area contributed by atoms with Crippen LogP contribution in [0.15, 0.2) is 47.5 Å². The van der Waals surface area contributed by atoms with Gasteiger partial charge in [0.2, 0.25) is 5.89 Å². The zero-order valence-electron chi connectivity index (χ0n) is 15.4. The van der Waals surface area contributed by atoms with Gasteiger partial charge in [0, 0.05) is 30.5 Å². The lowest BCUT2D eigenvalue weighted by atomic mass is 10.0. The van der Waals surface area contributed by atoms with Gasteiger partial charge >= 0.3 is 0 Å². The van der Waals surface area contributed by atoms with Crippen molar-refractivity contribution in [1.29, 1.82) is 0 Å². The molecule has 6 nitrogen and oxygen atoms in total. The lowest BCUT2D eigenvalue weighted by molar-refractivity contribution is 0.111. The summed E-state index contributed by atoms with van der Waals surface area (Å²) in [7, 11) is 0. The van der Waals surface area contributed by atoms with Crippen LogP contribution in [0.4, 0.5) is 0 Å². The van der Waals surface area contributed by atoms with E-state index in [0.29, 0.717) is 5.92 Å². The van der Waals surface area contributed by atoms with Crippen LogP contribution >= 0.6 is 0 Å². The van der Waals surface area contributed by atoms with Crippen LogP contribution in [0.2, 0.25) is 0 Å². The number of piperidine rings is 1. The quantitative estimate of drug-likeness (QED) is 0.692. The van der Waals surface area contributed by atoms with E-state index in [4.69, 9.17) is 4.52 Å². The predicted octanol–water partition coefficient (Wildman–Crippen LogP) is 4.11. The minimum absolute atomic E-state index is 0.220. The third-order valence-corrected chi connectivity index (χ3v) is 5.00. The first-order valence-electron chi connectivity index (χ1n) is 9.35. The Balaban J connectivity index is 1.49. The Bertz CT molecular complexity index is 822. The van der Waals surface area contributed by atoms with Gasteiger partial charge in [-0.15, -0.1) is 0 Å². The molecule has 0 radical (unpaired) electrons. The van der Waals surface area contributed by atoms with E-state index in [1.165, 1.54) is 18.4 Å². The summed E-state index contributed by atoms with van der Waals surface area (Å²) < 4.78 is 7.60. The van der Waals surface area contributed by atoms with Gasteiger partial charge in [0.25, 0.3) is 0 Å². The Morgan fingerprint density at radius 3 is 2.73 bits per heavy atom. The first-order valence-corrected chi connectivity index (χ1v) is 9.35. The van der Waals surface area contributed by atoms with E-state index in [9.17, 15) is 0 Å². The lowest BCUT2D eigenvalue weighted by Gasteiger charge is -2.33. The molecule has 0 spiro atoms. The van der Waals surface area contributed by atoms with Gasteiger partial charge < -0.3 is 9.09 Å². The number of likely N-dealkylation sites (tertiary alicyclic amines) is 1. The molecule has 1 saturated heterocycles. The van der Waals surface area contributed by atoms with E-state index in [2.05, 4.69) is 58.1 Å². The molecule has 0 amide bonds. The van der Waals surface area contributed by atoms with E-state index in [0.717, 1.165) is 36.9 Å². The van der Waals surface area contributed by atoms with Crippen LogP contribution in [0.5, 0.6) is 0 Å². The highest BCUT2D eigenvalue weighted by Gasteiger charge is 2.29. The smallest absolute Gasteiger partial charge is 0.244 e. The molecule has 1 aromatic carbocycles. The SMILES string of the molecule is CC(C)c1noc([C@@H]2CCCCN2Cc2ccc(-n3ccnc3)cc2)n1. The van der Waals surface area contributed by atoms with Gasteiger partial charge in [0.1, 0.15) is 0 Å². The van der Waals surface area contributed by atoms with Crippen LogP contribution in [0, 0.1) is 0 Å². The summed E-state index contributed by atoms with van der Waals surface area (Å²) in [6.07, 6.45) is 9.07. The van der Waals surface area contributed by atoms with Crippen molar-refractivity contribution in [2.24, 2.45) is 0 Å². The average molecular weight is 351 g/mol. The first-order chi connectivity index (χ1) is 12.7. The average Bonchev–Trinajstić information content (AvgIpc) is 3.35. The minimum Gasteiger partial charge on any atom is -0.338 e. The van der Waals surface area contributed by atoms with Crippen LogP contribution in [0.1, 0.15) is 62.3 Å². The Kier molecular flexibility index (Phi) is 4.84. The zero-order chi connectivity index (χ0) is 17.9. The third-order valence-electron chi connectivity index (χ3n) is 5.00. The predicted molar refractivity (Wildman–Crippen MR) is 99.0 cm³/mol. The van der Waals surface area contributed by atoms with Crippen LogP contribution in [-0.4, -0.2) is 31.1 Å². The summed E-state index contributed by atoms with van der Waals surface area (Å²) in [6, 6.07) is 8.87. The molecule has 0 bridgehead atoms. The molecule has 3 heterocycles. The van der Waals surface area contributed by atoms with Gasteiger partial charge in [-0.2, -0.15) is 4.98 Å². The van der Waals surface area contributed by atoms with Gasteiger partial charge in [-0.1, -0.05) is 37.6 Å². The van der Waals surface area contributed by atoms with Gasteiger partial charge in [-0.3, -0.25) is 4.90 Å². The molecule has 6 heteroatoms. The van der Waals surface area contributed by atoms with Crippen molar-refractivity contribution < 1.29 is 4.52 Å². The van der Waals surface area contributed by atoms with Crippen molar-refractivity contribution in [2.75, 3.05) is 6.54 Å². The fourth-order valence-corrected chi connectivity index (χ4v) is 3.50. The van der Waals surface area contributed by atoms with E-state index < -0.39 is 0 Å². The van der Waals surface area contributed by atoms with Gasteiger partial charge in [0.05, 0.1) is 12.4 Å². The molecule has 1 fully saturated rings. The Hall–Kier alpha value is -2.47. The number of aromatic nitrogens is 4. The highest BCUT2D eigenvalue weighted by Crippen LogP contribution is 2.32. The number of benzene rings is 1. The Labute approximate surface area is 153 Å². The summed E-state index contributed by atoms with van der Waals surface area (Å²) in [4.78, 5) is 11.2. The molecule has 1 aliphatic heterocycles. The summed E-state index contributed by atoms with van der Waals surface area (Å²) in [5.74, 6) is 1.86. The van der Waals surface area contributed by atoms with Crippen molar-refractivity contribution >= 4 is 0 Å². The van der Waals surface area contributed by atoms with Gasteiger partial charge in [-0.25, -0.2) is 4.98 Å². The maximum Gasteiger partial charge on any atom is 0.244 e. The largest absolute Gasteiger partial charge is 0.338 e. The van der Waals surface area contributed by atoms with Crippen molar-refractivity contribution in [3.05, 3.63) is 60.3 Å². The molecule has 0 aliphatic carbocycles. The second-order valence-electron chi connectivity index (χ2n) is 7.26. The fourth-order valence-electron chi connectivity index (χ4n) is 3.50. The zero-order valence-corrected chi connectivity index (χ0v) is 15.4. The summed E-state index contributed by atoms with van der Waals surface area (Å²) in [5.41, 5.74) is 2.42. The second-order valence-corrected chi connectivity index (χ2v) is 7.26. The van der Waals surface area contributed by atoms with Crippen molar-refractivity contribution in [3.63, 3.8) is 0 Å². The van der Waals surface area contributed by atoms with Crippen molar-refractivity contribution in [1.82, 2.24) is 24.6 Å². The highest BCUT2D eigenvalue weighted by atomic mass is 16.5. The Morgan fingerprint density at radius 1 is 1.19 bits per heavy atom. The number of hydrogen-bond acceptors (Lipinski definition) is 5. The molecule has 1 atom stereocenters. The maximum atomic E-state index is 5.59. The molecular formula is C20H25N5O. The minimum atomic E-state index is 0.220. The molecular weight excluding hydrogens is 326 g/mol. The molecule has 26 heavy (non-hydrogen) atoms. The normalized spacial score (nSPS) is 18.5. The molecule has 4 rings (SSSR count).